The van der Waals surface area contributed by atoms with Gasteiger partial charge in [-0.3, -0.25) is 0 Å². The molecule has 13 heavy (non-hydrogen) atoms. The van der Waals surface area contributed by atoms with Gasteiger partial charge >= 0.3 is 0 Å². The second-order valence-electron chi connectivity index (χ2n) is 3.14. The molecule has 0 aliphatic carbocycles. The van der Waals surface area contributed by atoms with Crippen LogP contribution in [0.3, 0.4) is 0 Å². The Hall–Kier alpha value is -1.37. The maximum absolute atomic E-state index is 3.95. The Kier molecular flexibility index (Phi) is 3.44. The molecule has 0 fully saturated rings. The van der Waals surface area contributed by atoms with Crippen LogP contribution in [0.1, 0.15) is 19.0 Å². The van der Waals surface area contributed by atoms with Crippen LogP contribution in [0.15, 0.2) is 43.6 Å². The van der Waals surface area contributed by atoms with Crippen LogP contribution >= 0.6 is 0 Å². The van der Waals surface area contributed by atoms with Gasteiger partial charge in [-0.1, -0.05) is 12.7 Å². The zero-order valence-electron chi connectivity index (χ0n) is 8.16. The number of allylic oxidation sites excluding steroid dienone is 2. The highest BCUT2D eigenvalue weighted by molar-refractivity contribution is 5.54. The Labute approximate surface area is 80.0 Å². The molecule has 1 nitrogen and oxygen atoms in total. The van der Waals surface area contributed by atoms with E-state index in [9.17, 15) is 0 Å². The zero-order chi connectivity index (χ0) is 9.68. The van der Waals surface area contributed by atoms with Crippen LogP contribution in [0, 0.1) is 0 Å². The van der Waals surface area contributed by atoms with E-state index in [1.165, 1.54) is 5.69 Å². The predicted molar refractivity (Wildman–Crippen MR) is 56.2 cm³/mol. The first-order chi connectivity index (χ1) is 6.25. The summed E-state index contributed by atoms with van der Waals surface area (Å²) in [6.45, 7) is 10.7. The summed E-state index contributed by atoms with van der Waals surface area (Å²) in [5.74, 6) is 0. The van der Waals surface area contributed by atoms with Gasteiger partial charge in [-0.05, 0) is 13.0 Å². The average Bonchev–Trinajstić information content (AvgIpc) is 2.15. The SMILES string of the molecule is C=CCC[n+]1ccccc1C(=C)C. The molecule has 0 aliphatic heterocycles. The third kappa shape index (κ3) is 2.55. The van der Waals surface area contributed by atoms with Crippen molar-refractivity contribution in [1.29, 1.82) is 0 Å². The molecule has 0 radical (unpaired) electrons. The van der Waals surface area contributed by atoms with Crippen molar-refractivity contribution in [3.05, 3.63) is 49.3 Å². The van der Waals surface area contributed by atoms with Gasteiger partial charge in [0.1, 0.15) is 0 Å². The summed E-state index contributed by atoms with van der Waals surface area (Å²) in [4.78, 5) is 0. The normalized spacial score (nSPS) is 9.62. The van der Waals surface area contributed by atoms with Crippen LogP contribution in [0.25, 0.3) is 5.57 Å². The lowest BCUT2D eigenvalue weighted by molar-refractivity contribution is -0.698. The zero-order valence-corrected chi connectivity index (χ0v) is 8.16. The lowest BCUT2D eigenvalue weighted by Crippen LogP contribution is -2.37. The van der Waals surface area contributed by atoms with Crippen LogP contribution in [-0.4, -0.2) is 0 Å². The summed E-state index contributed by atoms with van der Waals surface area (Å²) in [6, 6.07) is 6.16. The van der Waals surface area contributed by atoms with E-state index >= 15 is 0 Å². The van der Waals surface area contributed by atoms with E-state index in [4.69, 9.17) is 0 Å². The Morgan fingerprint density at radius 2 is 2.31 bits per heavy atom. The Morgan fingerprint density at radius 1 is 1.54 bits per heavy atom. The maximum atomic E-state index is 3.95. The van der Waals surface area contributed by atoms with Crippen molar-refractivity contribution in [3.63, 3.8) is 0 Å². The quantitative estimate of drug-likeness (QED) is 0.488. The summed E-state index contributed by atoms with van der Waals surface area (Å²) in [5.41, 5.74) is 2.30. The molecule has 0 atom stereocenters. The van der Waals surface area contributed by atoms with Gasteiger partial charge in [-0.25, -0.2) is 0 Å². The van der Waals surface area contributed by atoms with Gasteiger partial charge in [0.05, 0.1) is 0 Å². The highest BCUT2D eigenvalue weighted by atomic mass is 14.9. The van der Waals surface area contributed by atoms with Gasteiger partial charge in [0, 0.05) is 24.1 Å². The van der Waals surface area contributed by atoms with Crippen LogP contribution in [0.4, 0.5) is 0 Å². The first-order valence-electron chi connectivity index (χ1n) is 4.51. The van der Waals surface area contributed by atoms with Crippen molar-refractivity contribution in [2.75, 3.05) is 0 Å². The summed E-state index contributed by atoms with van der Waals surface area (Å²) in [7, 11) is 0. The van der Waals surface area contributed by atoms with Gasteiger partial charge in [-0.2, -0.15) is 4.57 Å². The summed E-state index contributed by atoms with van der Waals surface area (Å²) < 4.78 is 2.20. The Bertz CT molecular complexity index is 313. The molecule has 0 N–H and O–H groups in total. The summed E-state index contributed by atoms with van der Waals surface area (Å²) >= 11 is 0. The van der Waals surface area contributed by atoms with Crippen molar-refractivity contribution in [1.82, 2.24) is 0 Å². The fraction of sp³-hybridized carbons (Fsp3) is 0.250. The first kappa shape index (κ1) is 9.72. The second-order valence-corrected chi connectivity index (χ2v) is 3.14. The van der Waals surface area contributed by atoms with E-state index in [1.807, 2.05) is 25.1 Å². The maximum Gasteiger partial charge on any atom is 0.207 e. The molecule has 0 unspecified atom stereocenters. The van der Waals surface area contributed by atoms with E-state index in [-0.39, 0.29) is 0 Å². The van der Waals surface area contributed by atoms with Crippen molar-refractivity contribution in [2.45, 2.75) is 19.9 Å². The molecule has 0 saturated carbocycles. The van der Waals surface area contributed by atoms with E-state index in [0.717, 1.165) is 18.5 Å². The standard InChI is InChI=1S/C12H16N/c1-4-5-9-13-10-7-6-8-12(13)11(2)3/h4,6-8,10H,1-2,5,9H2,3H3/q+1. The molecule has 0 spiro atoms. The molecule has 1 heteroatoms. The van der Waals surface area contributed by atoms with Crippen LogP contribution < -0.4 is 4.57 Å². The minimum Gasteiger partial charge on any atom is -0.198 e. The van der Waals surface area contributed by atoms with Crippen LogP contribution in [0.5, 0.6) is 0 Å². The van der Waals surface area contributed by atoms with Crippen molar-refractivity contribution < 1.29 is 4.57 Å². The minimum absolute atomic E-state index is 0.979. The molecule has 0 bridgehead atoms. The number of aromatic nitrogens is 1. The largest absolute Gasteiger partial charge is 0.207 e. The monoisotopic (exact) mass is 174 g/mol. The number of rotatable bonds is 4. The number of aryl methyl sites for hydroxylation is 1. The number of pyridine rings is 1. The van der Waals surface area contributed by atoms with Crippen LogP contribution in [0.2, 0.25) is 0 Å². The van der Waals surface area contributed by atoms with Crippen molar-refractivity contribution in [3.8, 4) is 0 Å². The lowest BCUT2D eigenvalue weighted by Gasteiger charge is -2.00. The Balaban J connectivity index is 2.90. The molecule has 1 heterocycles. The first-order valence-corrected chi connectivity index (χ1v) is 4.51. The molecule has 0 aliphatic rings. The molecular formula is C12H16N+. The number of hydrogen-bond acceptors (Lipinski definition) is 0. The van der Waals surface area contributed by atoms with Gasteiger partial charge in [0.15, 0.2) is 12.7 Å². The van der Waals surface area contributed by atoms with E-state index in [1.54, 1.807) is 0 Å². The molecule has 1 aromatic heterocycles. The van der Waals surface area contributed by atoms with E-state index in [0.29, 0.717) is 0 Å². The number of nitrogens with zero attached hydrogens (tertiary/aromatic N) is 1. The molecule has 0 aromatic carbocycles. The fourth-order valence-electron chi connectivity index (χ4n) is 1.29. The summed E-state index contributed by atoms with van der Waals surface area (Å²) in [6.07, 6.45) is 5.00. The molecule has 0 amide bonds. The average molecular weight is 174 g/mol. The topological polar surface area (TPSA) is 3.88 Å². The Morgan fingerprint density at radius 3 is 2.92 bits per heavy atom. The van der Waals surface area contributed by atoms with Gasteiger partial charge < -0.3 is 0 Å². The third-order valence-electron chi connectivity index (χ3n) is 1.95. The smallest absolute Gasteiger partial charge is 0.198 e. The summed E-state index contributed by atoms with van der Waals surface area (Å²) in [5, 5.41) is 0. The highest BCUT2D eigenvalue weighted by Crippen LogP contribution is 2.04. The molecule has 0 saturated heterocycles. The molecule has 1 rings (SSSR count). The fourth-order valence-corrected chi connectivity index (χ4v) is 1.29. The van der Waals surface area contributed by atoms with Crippen molar-refractivity contribution >= 4 is 5.57 Å². The lowest BCUT2D eigenvalue weighted by atomic mass is 10.2. The third-order valence-corrected chi connectivity index (χ3v) is 1.95. The van der Waals surface area contributed by atoms with Crippen molar-refractivity contribution in [2.24, 2.45) is 0 Å². The minimum atomic E-state index is 0.979. The van der Waals surface area contributed by atoms with Gasteiger partial charge in [0.25, 0.3) is 0 Å². The van der Waals surface area contributed by atoms with Gasteiger partial charge in [-0.15, -0.1) is 6.58 Å². The van der Waals surface area contributed by atoms with E-state index in [2.05, 4.69) is 30.0 Å². The van der Waals surface area contributed by atoms with Gasteiger partial charge in [0.2, 0.25) is 5.69 Å². The molecule has 1 aromatic rings. The predicted octanol–water partition coefficient (Wildman–Crippen LogP) is 2.58. The molecular weight excluding hydrogens is 158 g/mol. The second kappa shape index (κ2) is 4.61. The highest BCUT2D eigenvalue weighted by Gasteiger charge is 2.07. The van der Waals surface area contributed by atoms with Crippen LogP contribution in [-0.2, 0) is 6.54 Å². The van der Waals surface area contributed by atoms with E-state index < -0.39 is 0 Å². The molecule has 68 valence electrons. The number of hydrogen-bond donors (Lipinski definition) is 0.